The molecule has 2 saturated heterocycles. The number of guanidine groups is 1. The van der Waals surface area contributed by atoms with Crippen LogP contribution in [-0.2, 0) is 4.79 Å². The maximum absolute atomic E-state index is 12.3. The Labute approximate surface area is 222 Å². The van der Waals surface area contributed by atoms with Gasteiger partial charge >= 0.3 is 0 Å². The predicted molar refractivity (Wildman–Crippen MR) is 150 cm³/mol. The van der Waals surface area contributed by atoms with Gasteiger partial charge in [0.2, 0.25) is 5.96 Å². The third-order valence-corrected chi connectivity index (χ3v) is 7.07. The first kappa shape index (κ1) is 26.7. The highest BCUT2D eigenvalue weighted by molar-refractivity contribution is 8.18. The molecule has 0 unspecified atom stereocenters. The van der Waals surface area contributed by atoms with Crippen LogP contribution in [0.5, 0.6) is 5.75 Å². The number of nitrogens with one attached hydrogen (secondary N) is 3. The number of para-hydroxylation sites is 1. The zero-order valence-electron chi connectivity index (χ0n) is 21.2. The van der Waals surface area contributed by atoms with Crippen molar-refractivity contribution in [2.24, 2.45) is 4.99 Å². The quantitative estimate of drug-likeness (QED) is 0.240. The van der Waals surface area contributed by atoms with E-state index < -0.39 is 6.10 Å². The van der Waals surface area contributed by atoms with Gasteiger partial charge in [-0.3, -0.25) is 10.2 Å². The largest absolute Gasteiger partial charge is 0.491 e. The number of rotatable bonds is 8. The van der Waals surface area contributed by atoms with Crippen LogP contribution in [0.2, 0.25) is 0 Å². The molecular weight excluding hydrogens is 488 g/mol. The number of aliphatic hydroxyl groups is 1. The number of amidine groups is 1. The van der Waals surface area contributed by atoms with Gasteiger partial charge < -0.3 is 30.3 Å². The number of aliphatic hydroxyl groups excluding tert-OH is 1. The van der Waals surface area contributed by atoms with Crippen molar-refractivity contribution < 1.29 is 14.6 Å². The van der Waals surface area contributed by atoms with Crippen LogP contribution >= 0.6 is 11.8 Å². The second-order valence-electron chi connectivity index (χ2n) is 9.24. The van der Waals surface area contributed by atoms with Crippen molar-refractivity contribution in [2.45, 2.75) is 25.0 Å². The number of amides is 1. The van der Waals surface area contributed by atoms with E-state index in [1.54, 1.807) is 19.0 Å². The maximum Gasteiger partial charge on any atom is 0.264 e. The molecular formula is C27H34N6O3S. The first-order valence-electron chi connectivity index (χ1n) is 12.4. The highest BCUT2D eigenvalue weighted by atomic mass is 32.2. The molecule has 37 heavy (non-hydrogen) atoms. The average molecular weight is 523 g/mol. The third kappa shape index (κ3) is 7.82. The molecule has 10 heteroatoms. The van der Waals surface area contributed by atoms with Crippen molar-refractivity contribution in [3.05, 3.63) is 65.1 Å². The molecule has 2 fully saturated rings. The van der Waals surface area contributed by atoms with Crippen molar-refractivity contribution in [1.29, 1.82) is 5.41 Å². The fourth-order valence-corrected chi connectivity index (χ4v) is 4.84. The summed E-state index contributed by atoms with van der Waals surface area (Å²) in [7, 11) is 3.47. The molecule has 0 saturated carbocycles. The summed E-state index contributed by atoms with van der Waals surface area (Å²) in [5.74, 6) is 0.647. The number of thioether (sulfide) groups is 1. The van der Waals surface area contributed by atoms with E-state index in [1.165, 1.54) is 11.8 Å². The highest BCUT2D eigenvalue weighted by Crippen LogP contribution is 2.27. The number of nitrogens with zero attached hydrogens (tertiary/aromatic N) is 3. The van der Waals surface area contributed by atoms with Crippen LogP contribution in [0.3, 0.4) is 0 Å². The van der Waals surface area contributed by atoms with Gasteiger partial charge in [0.15, 0.2) is 5.17 Å². The summed E-state index contributed by atoms with van der Waals surface area (Å²) >= 11 is 1.24. The second kappa shape index (κ2) is 12.8. The molecule has 2 heterocycles. The third-order valence-electron chi connectivity index (χ3n) is 6.16. The zero-order valence-corrected chi connectivity index (χ0v) is 22.0. The fraction of sp³-hybridized carbons (Fsp3) is 0.370. The Kier molecular flexibility index (Phi) is 9.21. The Morgan fingerprint density at radius 2 is 1.95 bits per heavy atom. The zero-order chi connectivity index (χ0) is 26.2. The molecule has 0 aromatic heterocycles. The average Bonchev–Trinajstić information content (AvgIpc) is 3.25. The number of hydrogen-bond donors (Lipinski definition) is 4. The summed E-state index contributed by atoms with van der Waals surface area (Å²) < 4.78 is 5.63. The van der Waals surface area contributed by atoms with Gasteiger partial charge in [0, 0.05) is 45.5 Å². The molecule has 2 aromatic rings. The van der Waals surface area contributed by atoms with E-state index in [9.17, 15) is 9.90 Å². The summed E-state index contributed by atoms with van der Waals surface area (Å²) in [5.41, 5.74) is 2.09. The first-order chi connectivity index (χ1) is 17.9. The van der Waals surface area contributed by atoms with Crippen molar-refractivity contribution in [3.63, 3.8) is 0 Å². The molecule has 0 radical (unpaired) electrons. The fourth-order valence-electron chi connectivity index (χ4n) is 4.02. The lowest BCUT2D eigenvalue weighted by Crippen LogP contribution is -2.45. The van der Waals surface area contributed by atoms with Crippen LogP contribution in [0.15, 0.2) is 64.5 Å². The molecule has 2 aromatic carbocycles. The van der Waals surface area contributed by atoms with E-state index in [2.05, 4.69) is 32.7 Å². The summed E-state index contributed by atoms with van der Waals surface area (Å²) in [6.45, 7) is 2.65. The number of ether oxygens (including phenoxy) is 1. The van der Waals surface area contributed by atoms with Crippen LogP contribution < -0.4 is 20.3 Å². The van der Waals surface area contributed by atoms with Gasteiger partial charge in [-0.1, -0.05) is 30.3 Å². The summed E-state index contributed by atoms with van der Waals surface area (Å²) in [6, 6.07) is 18.1. The van der Waals surface area contributed by atoms with E-state index in [0.29, 0.717) is 22.7 Å². The first-order valence-corrected chi connectivity index (χ1v) is 13.2. The molecule has 4 N–H and O–H groups in total. The van der Waals surface area contributed by atoms with Gasteiger partial charge in [0.1, 0.15) is 18.5 Å². The van der Waals surface area contributed by atoms with Gasteiger partial charge in [-0.2, -0.15) is 4.99 Å². The molecule has 1 atom stereocenters. The molecule has 196 valence electrons. The molecule has 2 aliphatic rings. The number of carbonyl (C=O) groups excluding carboxylic acids is 1. The summed E-state index contributed by atoms with van der Waals surface area (Å²) in [6.07, 6.45) is 3.29. The van der Waals surface area contributed by atoms with Crippen LogP contribution in [0.1, 0.15) is 18.4 Å². The predicted octanol–water partition coefficient (Wildman–Crippen LogP) is 2.74. The van der Waals surface area contributed by atoms with E-state index in [0.717, 1.165) is 42.9 Å². The normalized spacial score (nSPS) is 19.2. The van der Waals surface area contributed by atoms with Crippen LogP contribution in [-0.4, -0.2) is 79.5 Å². The van der Waals surface area contributed by atoms with Gasteiger partial charge in [-0.25, -0.2) is 0 Å². The minimum absolute atomic E-state index is 0.0839. The molecule has 4 rings (SSSR count). The molecule has 1 amide bonds. The summed E-state index contributed by atoms with van der Waals surface area (Å²) in [5, 5.41) is 24.7. The minimum atomic E-state index is -0.553. The highest BCUT2D eigenvalue weighted by Gasteiger charge is 2.24. The van der Waals surface area contributed by atoms with Crippen molar-refractivity contribution in [3.8, 4) is 5.75 Å². The Hall–Kier alpha value is -3.34. The maximum atomic E-state index is 12.3. The number of aliphatic imine (C=N–C) groups is 1. The lowest BCUT2D eigenvalue weighted by Gasteiger charge is -2.34. The number of benzene rings is 2. The Morgan fingerprint density at radius 3 is 2.62 bits per heavy atom. The lowest BCUT2D eigenvalue weighted by molar-refractivity contribution is -0.115. The standard InChI is InChI=1S/C27H34N6O3S/c1-32(2)26(28)31-27-30-25(35)24(37-27)16-19-8-10-21(11-9-19)33-14-12-20(13-15-33)29-17-22(34)18-36-23-6-4-3-5-7-23/h3-11,16,20,22,29,34H,12-15,17-18H2,1-2H3,(H2,28,30,31,35)/t22-/m0/s1. The van der Waals surface area contributed by atoms with E-state index in [4.69, 9.17) is 10.1 Å². The molecule has 0 spiro atoms. The number of hydrogen-bond acceptors (Lipinski definition) is 7. The number of carbonyl (C=O) groups is 1. The van der Waals surface area contributed by atoms with Crippen LogP contribution in [0.25, 0.3) is 6.08 Å². The Balaban J connectivity index is 1.21. The Bertz CT molecular complexity index is 1130. The van der Waals surface area contributed by atoms with E-state index in [1.807, 2.05) is 48.5 Å². The van der Waals surface area contributed by atoms with Gasteiger partial charge in [0.05, 0.1) is 4.91 Å². The van der Waals surface area contributed by atoms with Gasteiger partial charge in [-0.15, -0.1) is 0 Å². The van der Waals surface area contributed by atoms with Crippen molar-refractivity contribution in [1.82, 2.24) is 15.5 Å². The monoisotopic (exact) mass is 522 g/mol. The lowest BCUT2D eigenvalue weighted by atomic mass is 10.0. The number of piperidine rings is 1. The van der Waals surface area contributed by atoms with E-state index >= 15 is 0 Å². The van der Waals surface area contributed by atoms with Crippen LogP contribution in [0.4, 0.5) is 5.69 Å². The van der Waals surface area contributed by atoms with Crippen molar-refractivity contribution >= 4 is 40.6 Å². The second-order valence-corrected chi connectivity index (χ2v) is 10.3. The molecule has 2 aliphatic heterocycles. The minimum Gasteiger partial charge on any atom is -0.491 e. The molecule has 9 nitrogen and oxygen atoms in total. The van der Waals surface area contributed by atoms with Gasteiger partial charge in [-0.05, 0) is 60.5 Å². The SMILES string of the molecule is CN(C)C(=N)/N=C1/NC(=O)C(=Cc2ccc(N3CCC(NC[C@H](O)COc4ccccc4)CC3)cc2)S1. The van der Waals surface area contributed by atoms with Crippen molar-refractivity contribution in [2.75, 3.05) is 45.2 Å². The van der Waals surface area contributed by atoms with Crippen LogP contribution in [0, 0.1) is 5.41 Å². The molecule has 0 bridgehead atoms. The number of anilines is 1. The van der Waals surface area contributed by atoms with E-state index in [-0.39, 0.29) is 18.5 Å². The van der Waals surface area contributed by atoms with Gasteiger partial charge in [0.25, 0.3) is 5.91 Å². The Morgan fingerprint density at radius 1 is 1.24 bits per heavy atom. The summed E-state index contributed by atoms with van der Waals surface area (Å²) in [4.78, 5) is 20.9. The topological polar surface area (TPSA) is 113 Å². The molecule has 0 aliphatic carbocycles. The smallest absolute Gasteiger partial charge is 0.264 e.